The lowest BCUT2D eigenvalue weighted by Crippen LogP contribution is -2.11. The molecule has 2 atom stereocenters. The van der Waals surface area contributed by atoms with Crippen LogP contribution in [0.4, 0.5) is 0 Å². The highest BCUT2D eigenvalue weighted by molar-refractivity contribution is 9.10. The zero-order valence-corrected chi connectivity index (χ0v) is 11.1. The van der Waals surface area contributed by atoms with E-state index in [2.05, 4.69) is 15.9 Å². The van der Waals surface area contributed by atoms with Crippen molar-refractivity contribution in [2.75, 3.05) is 19.6 Å². The van der Waals surface area contributed by atoms with Gasteiger partial charge in [-0.1, -0.05) is 15.9 Å². The summed E-state index contributed by atoms with van der Waals surface area (Å²) in [5.41, 5.74) is 0.879. The Labute approximate surface area is 108 Å². The van der Waals surface area contributed by atoms with Gasteiger partial charge in [-0.25, -0.2) is 0 Å². The van der Waals surface area contributed by atoms with Gasteiger partial charge in [-0.05, 0) is 18.2 Å². The Bertz CT molecular complexity index is 372. The van der Waals surface area contributed by atoms with Gasteiger partial charge in [-0.3, -0.25) is 0 Å². The fourth-order valence-electron chi connectivity index (χ4n) is 1.58. The van der Waals surface area contributed by atoms with Crippen LogP contribution in [0.5, 0.6) is 5.75 Å². The van der Waals surface area contributed by atoms with E-state index in [0.29, 0.717) is 12.5 Å². The van der Waals surface area contributed by atoms with Crippen LogP contribution in [0.2, 0.25) is 0 Å². The molecule has 1 aliphatic rings. The van der Waals surface area contributed by atoms with Crippen LogP contribution in [-0.2, 0) is 9.47 Å². The first-order valence-corrected chi connectivity index (χ1v) is 6.24. The molecule has 0 amide bonds. The van der Waals surface area contributed by atoms with Gasteiger partial charge in [-0.15, -0.1) is 11.6 Å². The Morgan fingerprint density at radius 1 is 1.56 bits per heavy atom. The maximum atomic E-state index is 5.72. The topological polar surface area (TPSA) is 27.7 Å². The van der Waals surface area contributed by atoms with Crippen LogP contribution >= 0.6 is 27.5 Å². The number of halogens is 2. The summed E-state index contributed by atoms with van der Waals surface area (Å²) in [5, 5.41) is 0. The second-order valence-electron chi connectivity index (χ2n) is 3.46. The van der Waals surface area contributed by atoms with Crippen molar-refractivity contribution in [3.8, 4) is 5.75 Å². The van der Waals surface area contributed by atoms with E-state index in [1.807, 2.05) is 18.2 Å². The van der Waals surface area contributed by atoms with Gasteiger partial charge in [0.15, 0.2) is 6.29 Å². The Balaban J connectivity index is 2.22. The van der Waals surface area contributed by atoms with Crippen LogP contribution in [0.3, 0.4) is 0 Å². The monoisotopic (exact) mass is 306 g/mol. The third kappa shape index (κ3) is 2.51. The lowest BCUT2D eigenvalue weighted by Gasteiger charge is -2.14. The van der Waals surface area contributed by atoms with Crippen LogP contribution < -0.4 is 4.74 Å². The molecule has 0 N–H and O–H groups in total. The summed E-state index contributed by atoms with van der Waals surface area (Å²) < 4.78 is 17.4. The predicted octanol–water partition coefficient (Wildman–Crippen LogP) is 3.11. The van der Waals surface area contributed by atoms with Crippen molar-refractivity contribution in [3.05, 3.63) is 28.2 Å². The molecular formula is C11H12BrClO3. The molecule has 1 aromatic rings. The molecule has 16 heavy (non-hydrogen) atoms. The van der Waals surface area contributed by atoms with E-state index in [4.69, 9.17) is 25.8 Å². The highest BCUT2D eigenvalue weighted by Gasteiger charge is 2.28. The standard InChI is InChI=1S/C11H12BrClO3/c1-14-10-3-2-7(12)4-9(10)11-15-6-8(5-13)16-11/h2-4,8,11H,5-6H2,1H3. The van der Waals surface area contributed by atoms with Crippen molar-refractivity contribution in [3.63, 3.8) is 0 Å². The van der Waals surface area contributed by atoms with Crippen molar-refractivity contribution in [1.29, 1.82) is 0 Å². The minimum Gasteiger partial charge on any atom is -0.496 e. The van der Waals surface area contributed by atoms with Crippen molar-refractivity contribution in [2.45, 2.75) is 12.4 Å². The van der Waals surface area contributed by atoms with E-state index in [-0.39, 0.29) is 6.10 Å². The normalized spacial score (nSPS) is 24.7. The molecule has 1 heterocycles. The van der Waals surface area contributed by atoms with E-state index in [1.165, 1.54) is 0 Å². The van der Waals surface area contributed by atoms with Gasteiger partial charge in [0.2, 0.25) is 0 Å². The zero-order valence-electron chi connectivity index (χ0n) is 8.78. The first-order valence-electron chi connectivity index (χ1n) is 4.91. The Morgan fingerprint density at radius 3 is 3.00 bits per heavy atom. The zero-order chi connectivity index (χ0) is 11.5. The van der Waals surface area contributed by atoms with Gasteiger partial charge in [0, 0.05) is 4.47 Å². The molecule has 1 aliphatic heterocycles. The average molecular weight is 308 g/mol. The molecule has 1 fully saturated rings. The Hall–Kier alpha value is -0.290. The summed E-state index contributed by atoms with van der Waals surface area (Å²) in [6.45, 7) is 0.518. The quantitative estimate of drug-likeness (QED) is 0.803. The van der Waals surface area contributed by atoms with Crippen LogP contribution in [0.25, 0.3) is 0 Å². The summed E-state index contributed by atoms with van der Waals surface area (Å²) in [6.07, 6.45) is -0.438. The fraction of sp³-hybridized carbons (Fsp3) is 0.455. The van der Waals surface area contributed by atoms with E-state index < -0.39 is 6.29 Å². The van der Waals surface area contributed by atoms with Crippen LogP contribution in [0.1, 0.15) is 11.9 Å². The number of benzene rings is 1. The first-order chi connectivity index (χ1) is 7.74. The number of rotatable bonds is 3. The SMILES string of the molecule is COc1ccc(Br)cc1C1OCC(CCl)O1. The molecule has 1 aromatic carbocycles. The first kappa shape index (κ1) is 12.2. The van der Waals surface area contributed by atoms with Crippen LogP contribution in [0.15, 0.2) is 22.7 Å². The van der Waals surface area contributed by atoms with Crippen LogP contribution in [-0.4, -0.2) is 25.7 Å². The number of hydrogen-bond acceptors (Lipinski definition) is 3. The van der Waals surface area contributed by atoms with Crippen LogP contribution in [0, 0.1) is 0 Å². The lowest BCUT2D eigenvalue weighted by molar-refractivity contribution is -0.0580. The molecule has 0 aliphatic carbocycles. The Kier molecular flexibility index (Phi) is 4.08. The number of alkyl halides is 1. The van der Waals surface area contributed by atoms with Gasteiger partial charge in [0.05, 0.1) is 31.3 Å². The van der Waals surface area contributed by atoms with Gasteiger partial charge in [0.1, 0.15) is 5.75 Å². The van der Waals surface area contributed by atoms with Crippen molar-refractivity contribution in [2.24, 2.45) is 0 Å². The molecule has 0 spiro atoms. The van der Waals surface area contributed by atoms with E-state index >= 15 is 0 Å². The van der Waals surface area contributed by atoms with E-state index in [0.717, 1.165) is 15.8 Å². The molecular weight excluding hydrogens is 295 g/mol. The number of methoxy groups -OCH3 is 1. The summed E-state index contributed by atoms with van der Waals surface area (Å²) >= 11 is 9.13. The minimum absolute atomic E-state index is 0.0460. The fourth-order valence-corrected chi connectivity index (χ4v) is 2.12. The van der Waals surface area contributed by atoms with Crippen molar-refractivity contribution in [1.82, 2.24) is 0 Å². The molecule has 2 unspecified atom stereocenters. The number of hydrogen-bond donors (Lipinski definition) is 0. The summed E-state index contributed by atoms with van der Waals surface area (Å²) in [7, 11) is 1.63. The van der Waals surface area contributed by atoms with E-state index in [1.54, 1.807) is 7.11 Å². The highest BCUT2D eigenvalue weighted by Crippen LogP contribution is 2.35. The maximum Gasteiger partial charge on any atom is 0.188 e. The van der Waals surface area contributed by atoms with E-state index in [9.17, 15) is 0 Å². The minimum atomic E-state index is -0.392. The molecule has 3 nitrogen and oxygen atoms in total. The van der Waals surface area contributed by atoms with Crippen molar-refractivity contribution < 1.29 is 14.2 Å². The summed E-state index contributed by atoms with van der Waals surface area (Å²) in [6, 6.07) is 5.72. The van der Waals surface area contributed by atoms with Gasteiger partial charge in [0.25, 0.3) is 0 Å². The molecule has 5 heteroatoms. The molecule has 0 radical (unpaired) electrons. The Morgan fingerprint density at radius 2 is 2.38 bits per heavy atom. The summed E-state index contributed by atoms with van der Waals surface area (Å²) in [4.78, 5) is 0. The van der Waals surface area contributed by atoms with Gasteiger partial charge >= 0.3 is 0 Å². The van der Waals surface area contributed by atoms with Gasteiger partial charge in [-0.2, -0.15) is 0 Å². The molecule has 1 saturated heterocycles. The molecule has 2 rings (SSSR count). The second-order valence-corrected chi connectivity index (χ2v) is 4.69. The smallest absolute Gasteiger partial charge is 0.188 e. The lowest BCUT2D eigenvalue weighted by atomic mass is 10.2. The summed E-state index contributed by atoms with van der Waals surface area (Å²) in [5.74, 6) is 1.19. The molecule has 0 bridgehead atoms. The highest BCUT2D eigenvalue weighted by atomic mass is 79.9. The maximum absolute atomic E-state index is 5.72. The molecule has 0 aromatic heterocycles. The largest absolute Gasteiger partial charge is 0.496 e. The predicted molar refractivity (Wildman–Crippen MR) is 65.0 cm³/mol. The van der Waals surface area contributed by atoms with Crippen molar-refractivity contribution >= 4 is 27.5 Å². The second kappa shape index (κ2) is 5.36. The molecule has 88 valence electrons. The third-order valence-electron chi connectivity index (χ3n) is 2.37. The van der Waals surface area contributed by atoms with Gasteiger partial charge < -0.3 is 14.2 Å². The third-order valence-corrected chi connectivity index (χ3v) is 3.20. The number of ether oxygens (including phenoxy) is 3. The molecule has 0 saturated carbocycles. The average Bonchev–Trinajstić information content (AvgIpc) is 2.77.